The molecule has 0 amide bonds. The Labute approximate surface area is 170 Å². The fraction of sp³-hybridized carbons (Fsp3) is 0.0476. The first kappa shape index (κ1) is 19.4. The number of hydrogen-bond donors (Lipinski definition) is 1. The van der Waals surface area contributed by atoms with E-state index in [9.17, 15) is 14.7 Å². The topological polar surface area (TPSA) is 54.4 Å². The van der Waals surface area contributed by atoms with Crippen molar-refractivity contribution in [2.45, 2.75) is 6.42 Å². The summed E-state index contributed by atoms with van der Waals surface area (Å²) >= 11 is 13.2. The molecule has 3 nitrogen and oxygen atoms in total. The van der Waals surface area contributed by atoms with Crippen molar-refractivity contribution >= 4 is 52.4 Å². The van der Waals surface area contributed by atoms with Gasteiger partial charge in [-0.25, -0.2) is 4.79 Å². The molecular formula is C21H14Cl2O3S. The highest BCUT2D eigenvalue weighted by molar-refractivity contribution is 7.11. The van der Waals surface area contributed by atoms with Crippen LogP contribution in [0.5, 0.6) is 0 Å². The molecule has 0 aliphatic heterocycles. The largest absolute Gasteiger partial charge is 0.478 e. The average Bonchev–Trinajstić information content (AvgIpc) is 3.05. The van der Waals surface area contributed by atoms with Crippen molar-refractivity contribution in [3.63, 3.8) is 0 Å². The Kier molecular flexibility index (Phi) is 6.11. The Bertz CT molecular complexity index is 1020. The minimum Gasteiger partial charge on any atom is -0.478 e. The van der Waals surface area contributed by atoms with Crippen LogP contribution in [-0.2, 0) is 11.2 Å². The molecule has 0 aliphatic carbocycles. The standard InChI is InChI=1S/C21H14Cl2O3S/c22-15-8-5-13(6-9-15)17-12-27-19(20(17)21(25)26)11-16(24)10-7-14-3-1-2-4-18(14)23/h1-10,12H,11H2,(H,25,26)/b10-7+. The van der Waals surface area contributed by atoms with Crippen LogP contribution in [0.25, 0.3) is 17.2 Å². The van der Waals surface area contributed by atoms with Crippen molar-refractivity contribution in [3.8, 4) is 11.1 Å². The van der Waals surface area contributed by atoms with Crippen LogP contribution in [0.3, 0.4) is 0 Å². The van der Waals surface area contributed by atoms with Gasteiger partial charge in [0.2, 0.25) is 0 Å². The van der Waals surface area contributed by atoms with Crippen LogP contribution in [-0.4, -0.2) is 16.9 Å². The Hall–Kier alpha value is -2.40. The second-order valence-electron chi connectivity index (χ2n) is 5.76. The van der Waals surface area contributed by atoms with Crippen LogP contribution >= 0.6 is 34.5 Å². The second-order valence-corrected chi connectivity index (χ2v) is 7.57. The highest BCUT2D eigenvalue weighted by atomic mass is 35.5. The fourth-order valence-corrected chi connectivity index (χ4v) is 3.99. The van der Waals surface area contributed by atoms with Gasteiger partial charge in [-0.05, 0) is 46.9 Å². The lowest BCUT2D eigenvalue weighted by atomic mass is 10.0. The lowest BCUT2D eigenvalue weighted by molar-refractivity contribution is -0.113. The molecule has 27 heavy (non-hydrogen) atoms. The van der Waals surface area contributed by atoms with Crippen LogP contribution in [0.15, 0.2) is 60.0 Å². The number of hydrogen-bond acceptors (Lipinski definition) is 3. The maximum atomic E-state index is 12.3. The first-order valence-corrected chi connectivity index (χ1v) is 9.64. The molecule has 0 radical (unpaired) electrons. The zero-order valence-electron chi connectivity index (χ0n) is 14.0. The summed E-state index contributed by atoms with van der Waals surface area (Å²) in [4.78, 5) is 24.6. The minimum atomic E-state index is -1.06. The molecule has 2 aromatic carbocycles. The van der Waals surface area contributed by atoms with Crippen LogP contribution in [0.1, 0.15) is 20.8 Å². The summed E-state index contributed by atoms with van der Waals surface area (Å²) in [6, 6.07) is 14.1. The predicted octanol–water partition coefficient (Wildman–Crippen LogP) is 6.25. The van der Waals surface area contributed by atoms with Crippen LogP contribution < -0.4 is 0 Å². The molecule has 3 aromatic rings. The minimum absolute atomic E-state index is 0.0147. The van der Waals surface area contributed by atoms with Crippen molar-refractivity contribution in [2.75, 3.05) is 0 Å². The highest BCUT2D eigenvalue weighted by Gasteiger charge is 2.20. The Morgan fingerprint density at radius 2 is 1.74 bits per heavy atom. The maximum absolute atomic E-state index is 12.3. The summed E-state index contributed by atoms with van der Waals surface area (Å²) in [5.74, 6) is -1.25. The molecule has 1 aromatic heterocycles. The molecule has 0 bridgehead atoms. The quantitative estimate of drug-likeness (QED) is 0.483. The van der Waals surface area contributed by atoms with E-state index in [1.807, 2.05) is 12.1 Å². The van der Waals surface area contributed by atoms with Crippen molar-refractivity contribution < 1.29 is 14.7 Å². The smallest absolute Gasteiger partial charge is 0.337 e. The van der Waals surface area contributed by atoms with Crippen molar-refractivity contribution in [2.24, 2.45) is 0 Å². The summed E-state index contributed by atoms with van der Waals surface area (Å²) in [5.41, 5.74) is 2.22. The normalized spacial score (nSPS) is 11.0. The summed E-state index contributed by atoms with van der Waals surface area (Å²) in [6.45, 7) is 0. The summed E-state index contributed by atoms with van der Waals surface area (Å²) in [7, 11) is 0. The number of halogens is 2. The summed E-state index contributed by atoms with van der Waals surface area (Å²) in [5, 5.41) is 12.5. The van der Waals surface area contributed by atoms with Gasteiger partial charge in [0.1, 0.15) is 0 Å². The van der Waals surface area contributed by atoms with E-state index in [1.165, 1.54) is 17.4 Å². The van der Waals surface area contributed by atoms with E-state index in [0.29, 0.717) is 20.5 Å². The van der Waals surface area contributed by atoms with E-state index in [1.54, 1.807) is 47.9 Å². The van der Waals surface area contributed by atoms with Gasteiger partial charge in [-0.15, -0.1) is 11.3 Å². The van der Waals surface area contributed by atoms with Gasteiger partial charge >= 0.3 is 5.97 Å². The van der Waals surface area contributed by atoms with Gasteiger partial charge in [-0.3, -0.25) is 4.79 Å². The number of carbonyl (C=O) groups excluding carboxylic acids is 1. The Morgan fingerprint density at radius 3 is 2.41 bits per heavy atom. The molecule has 3 rings (SSSR count). The van der Waals surface area contributed by atoms with Crippen LogP contribution in [0.2, 0.25) is 10.0 Å². The van der Waals surface area contributed by atoms with E-state index >= 15 is 0 Å². The van der Waals surface area contributed by atoms with Gasteiger partial charge in [0, 0.05) is 26.9 Å². The molecule has 0 saturated heterocycles. The van der Waals surface area contributed by atoms with E-state index < -0.39 is 5.97 Å². The molecule has 0 atom stereocenters. The SMILES string of the molecule is O=C(/C=C/c1ccccc1Cl)Cc1scc(-c2ccc(Cl)cc2)c1C(=O)O. The van der Waals surface area contributed by atoms with Crippen molar-refractivity contribution in [1.82, 2.24) is 0 Å². The number of ketones is 1. The summed E-state index contributed by atoms with van der Waals surface area (Å²) < 4.78 is 0. The highest BCUT2D eigenvalue weighted by Crippen LogP contribution is 2.33. The third-order valence-electron chi connectivity index (χ3n) is 3.93. The van der Waals surface area contributed by atoms with Gasteiger partial charge in [0.05, 0.1) is 5.56 Å². The molecule has 0 unspecified atom stereocenters. The third-order valence-corrected chi connectivity index (χ3v) is 5.51. The van der Waals surface area contributed by atoms with E-state index in [-0.39, 0.29) is 17.8 Å². The molecule has 0 saturated carbocycles. The molecule has 136 valence electrons. The molecule has 0 fully saturated rings. The van der Waals surface area contributed by atoms with Gasteiger partial charge < -0.3 is 5.11 Å². The molecule has 0 spiro atoms. The number of carboxylic acids is 1. The number of carbonyl (C=O) groups is 2. The zero-order valence-corrected chi connectivity index (χ0v) is 16.3. The number of carboxylic acid groups (broad SMARTS) is 1. The number of thiophene rings is 1. The fourth-order valence-electron chi connectivity index (χ4n) is 2.61. The maximum Gasteiger partial charge on any atom is 0.337 e. The third kappa shape index (κ3) is 4.66. The predicted molar refractivity (Wildman–Crippen MR) is 111 cm³/mol. The Morgan fingerprint density at radius 1 is 1.04 bits per heavy atom. The lowest BCUT2D eigenvalue weighted by Gasteiger charge is -2.03. The number of benzene rings is 2. The van der Waals surface area contributed by atoms with Crippen molar-refractivity contribution in [3.05, 3.63) is 86.0 Å². The lowest BCUT2D eigenvalue weighted by Crippen LogP contribution is -2.05. The van der Waals surface area contributed by atoms with Gasteiger partial charge in [-0.2, -0.15) is 0 Å². The van der Waals surface area contributed by atoms with E-state index in [2.05, 4.69) is 0 Å². The summed E-state index contributed by atoms with van der Waals surface area (Å²) in [6.07, 6.45) is 3.08. The van der Waals surface area contributed by atoms with E-state index in [4.69, 9.17) is 23.2 Å². The van der Waals surface area contributed by atoms with Crippen molar-refractivity contribution in [1.29, 1.82) is 0 Å². The van der Waals surface area contributed by atoms with E-state index in [0.717, 1.165) is 11.1 Å². The number of aromatic carboxylic acids is 1. The second kappa shape index (κ2) is 8.53. The average molecular weight is 417 g/mol. The van der Waals surface area contributed by atoms with Gasteiger partial charge in [-0.1, -0.05) is 53.5 Å². The monoisotopic (exact) mass is 416 g/mol. The molecular weight excluding hydrogens is 403 g/mol. The van der Waals surface area contributed by atoms with Gasteiger partial charge in [0.25, 0.3) is 0 Å². The molecule has 0 aliphatic rings. The Balaban J connectivity index is 1.85. The number of allylic oxidation sites excluding steroid dienone is 1. The van der Waals surface area contributed by atoms with Gasteiger partial charge in [0.15, 0.2) is 5.78 Å². The first-order valence-electron chi connectivity index (χ1n) is 8.00. The molecule has 6 heteroatoms. The number of rotatable bonds is 6. The zero-order chi connectivity index (χ0) is 19.4. The molecule has 1 N–H and O–H groups in total. The first-order chi connectivity index (χ1) is 13.0. The van der Waals surface area contributed by atoms with Crippen LogP contribution in [0.4, 0.5) is 0 Å². The van der Waals surface area contributed by atoms with Crippen LogP contribution in [0, 0.1) is 0 Å². The molecule has 1 heterocycles.